The summed E-state index contributed by atoms with van der Waals surface area (Å²) in [6.45, 7) is 3.07. The van der Waals surface area contributed by atoms with Gasteiger partial charge in [-0.05, 0) is 69.6 Å². The number of nitrogens with one attached hydrogen (secondary N) is 2. The molecule has 0 aromatic carbocycles. The standard InChI is InChI=1S/C30H38F3N9O3/c1-2-41-26(35-15-36-41)28(44)38-25(23(16-3-4-16)17-5-6-17)22-14-42-29(37-22)39-24(18-7-9-45-10-8-18)21(40-42)12-19-11-20(30(31,32)33)13-34-27(19)43/h14-20,23,25H,2-13H2,1H3,(H,34,43)(H,38,44)/t19-,20-,25-/m1/s1. The van der Waals surface area contributed by atoms with Crippen LogP contribution in [0.25, 0.3) is 5.78 Å². The van der Waals surface area contributed by atoms with Crippen molar-refractivity contribution in [1.82, 2.24) is 45.0 Å². The van der Waals surface area contributed by atoms with Crippen molar-refractivity contribution < 1.29 is 27.5 Å². The molecule has 0 unspecified atom stereocenters. The average molecular weight is 630 g/mol. The van der Waals surface area contributed by atoms with Gasteiger partial charge in [0, 0.05) is 44.6 Å². The van der Waals surface area contributed by atoms with Crippen LogP contribution in [0.1, 0.15) is 91.5 Å². The summed E-state index contributed by atoms with van der Waals surface area (Å²) in [5, 5.41) is 14.7. The van der Waals surface area contributed by atoms with Crippen LogP contribution in [0.2, 0.25) is 0 Å². The van der Waals surface area contributed by atoms with Crippen molar-refractivity contribution in [2.24, 2.45) is 29.6 Å². The molecule has 4 aliphatic rings. The minimum absolute atomic E-state index is 0.0157. The monoisotopic (exact) mass is 629 g/mol. The van der Waals surface area contributed by atoms with E-state index in [1.807, 2.05) is 6.92 Å². The third-order valence-electron chi connectivity index (χ3n) is 9.85. The number of aromatic nitrogens is 7. The lowest BCUT2D eigenvalue weighted by Crippen LogP contribution is -2.47. The van der Waals surface area contributed by atoms with Gasteiger partial charge in [-0.2, -0.15) is 23.4 Å². The fourth-order valence-corrected chi connectivity index (χ4v) is 7.17. The number of aryl methyl sites for hydroxylation is 1. The van der Waals surface area contributed by atoms with Gasteiger partial charge in [0.1, 0.15) is 6.33 Å². The van der Waals surface area contributed by atoms with E-state index in [9.17, 15) is 22.8 Å². The lowest BCUT2D eigenvalue weighted by atomic mass is 9.84. The zero-order chi connectivity index (χ0) is 31.3. The maximum absolute atomic E-state index is 13.6. The van der Waals surface area contributed by atoms with Gasteiger partial charge >= 0.3 is 6.18 Å². The second kappa shape index (κ2) is 12.0. The van der Waals surface area contributed by atoms with Gasteiger partial charge in [0.2, 0.25) is 11.7 Å². The molecule has 12 nitrogen and oxygen atoms in total. The Labute approximate surface area is 257 Å². The van der Waals surface area contributed by atoms with Crippen LogP contribution in [0.5, 0.6) is 0 Å². The van der Waals surface area contributed by atoms with Crippen molar-refractivity contribution in [3.63, 3.8) is 0 Å². The average Bonchev–Trinajstić information content (AvgIpc) is 3.95. The van der Waals surface area contributed by atoms with E-state index in [0.29, 0.717) is 67.3 Å². The minimum atomic E-state index is -4.40. The quantitative estimate of drug-likeness (QED) is 0.348. The van der Waals surface area contributed by atoms with Crippen LogP contribution in [0.4, 0.5) is 13.2 Å². The molecule has 7 rings (SSSR count). The number of imidazole rings is 1. The zero-order valence-corrected chi connectivity index (χ0v) is 25.2. The van der Waals surface area contributed by atoms with E-state index in [1.165, 1.54) is 6.33 Å². The van der Waals surface area contributed by atoms with Crippen molar-refractivity contribution in [2.75, 3.05) is 19.8 Å². The Morgan fingerprint density at radius 3 is 2.53 bits per heavy atom. The number of carbonyl (C=O) groups is 2. The molecule has 0 bridgehead atoms. The van der Waals surface area contributed by atoms with Crippen molar-refractivity contribution in [1.29, 1.82) is 0 Å². The summed E-state index contributed by atoms with van der Waals surface area (Å²) >= 11 is 0. The molecule has 2 N–H and O–H groups in total. The smallest absolute Gasteiger partial charge is 0.381 e. The number of rotatable bonds is 10. The van der Waals surface area contributed by atoms with E-state index in [1.54, 1.807) is 15.4 Å². The molecule has 2 saturated carbocycles. The van der Waals surface area contributed by atoms with E-state index < -0.39 is 36.5 Å². The molecule has 2 aliphatic heterocycles. The molecule has 3 aromatic rings. The Balaban J connectivity index is 1.25. The summed E-state index contributed by atoms with van der Waals surface area (Å²) in [5.41, 5.74) is 1.79. The van der Waals surface area contributed by atoms with Gasteiger partial charge in [-0.3, -0.25) is 9.59 Å². The normalized spacial score (nSPS) is 23.8. The van der Waals surface area contributed by atoms with Crippen LogP contribution in [-0.2, 0) is 22.5 Å². The lowest BCUT2D eigenvalue weighted by Gasteiger charge is -2.31. The van der Waals surface area contributed by atoms with Crippen LogP contribution in [-0.4, -0.2) is 72.1 Å². The van der Waals surface area contributed by atoms with E-state index in [4.69, 9.17) is 19.8 Å². The van der Waals surface area contributed by atoms with E-state index in [-0.39, 0.29) is 36.4 Å². The highest BCUT2D eigenvalue weighted by Crippen LogP contribution is 2.54. The first-order valence-electron chi connectivity index (χ1n) is 16.1. The summed E-state index contributed by atoms with van der Waals surface area (Å²) in [4.78, 5) is 40.3. The topological polar surface area (TPSA) is 141 Å². The third-order valence-corrected chi connectivity index (χ3v) is 9.85. The molecule has 2 saturated heterocycles. The Kier molecular flexibility index (Phi) is 7.98. The second-order valence-electron chi connectivity index (χ2n) is 13.0. The molecule has 5 heterocycles. The molecule has 4 fully saturated rings. The molecular weight excluding hydrogens is 591 g/mol. The van der Waals surface area contributed by atoms with E-state index in [0.717, 1.165) is 25.7 Å². The van der Waals surface area contributed by atoms with Crippen LogP contribution in [0, 0.1) is 29.6 Å². The number of piperidine rings is 1. The summed E-state index contributed by atoms with van der Waals surface area (Å²) in [6.07, 6.45) is 4.28. The molecule has 15 heteroatoms. The van der Waals surface area contributed by atoms with E-state index >= 15 is 0 Å². The zero-order valence-electron chi connectivity index (χ0n) is 25.2. The summed E-state index contributed by atoms with van der Waals surface area (Å²) in [5.74, 6) is -1.46. The number of alkyl halides is 3. The van der Waals surface area contributed by atoms with Gasteiger partial charge < -0.3 is 15.4 Å². The predicted molar refractivity (Wildman–Crippen MR) is 153 cm³/mol. The number of amides is 2. The second-order valence-corrected chi connectivity index (χ2v) is 13.0. The first kappa shape index (κ1) is 30.1. The Hall–Kier alpha value is -3.62. The summed E-state index contributed by atoms with van der Waals surface area (Å²) in [6, 6.07) is -0.394. The van der Waals surface area contributed by atoms with Gasteiger partial charge in [-0.25, -0.2) is 24.1 Å². The van der Waals surface area contributed by atoms with Gasteiger partial charge in [0.05, 0.1) is 35.2 Å². The SMILES string of the molecule is CCn1ncnc1C(=O)N[C@H](c1cn2nc(C[C@H]3C[C@@H](C(F)(F)F)CNC3=O)c(C3CCOCC3)nc2n1)C(C1CC1)C1CC1. The van der Waals surface area contributed by atoms with Crippen molar-refractivity contribution >= 4 is 17.6 Å². The van der Waals surface area contributed by atoms with Crippen LogP contribution in [0.15, 0.2) is 12.5 Å². The van der Waals surface area contributed by atoms with Crippen LogP contribution >= 0.6 is 0 Å². The van der Waals surface area contributed by atoms with Crippen molar-refractivity contribution in [3.8, 4) is 0 Å². The molecule has 45 heavy (non-hydrogen) atoms. The van der Waals surface area contributed by atoms with Gasteiger partial charge in [0.25, 0.3) is 11.7 Å². The highest BCUT2D eigenvalue weighted by molar-refractivity contribution is 5.90. The van der Waals surface area contributed by atoms with E-state index in [2.05, 4.69) is 20.7 Å². The Morgan fingerprint density at radius 2 is 1.87 bits per heavy atom. The van der Waals surface area contributed by atoms with Gasteiger partial charge in [0.15, 0.2) is 0 Å². The summed E-state index contributed by atoms with van der Waals surface area (Å²) < 4.78 is 49.5. The molecular formula is C30H38F3N9O3. The number of hydrogen-bond acceptors (Lipinski definition) is 8. The Bertz CT molecular complexity index is 1550. The lowest BCUT2D eigenvalue weighted by molar-refractivity contribution is -0.183. The first-order valence-corrected chi connectivity index (χ1v) is 16.1. The molecule has 3 atom stereocenters. The summed E-state index contributed by atoms with van der Waals surface area (Å²) in [7, 11) is 0. The van der Waals surface area contributed by atoms with Gasteiger partial charge in [-0.1, -0.05) is 0 Å². The van der Waals surface area contributed by atoms with Gasteiger partial charge in [-0.15, -0.1) is 0 Å². The first-order chi connectivity index (χ1) is 21.7. The molecule has 2 aliphatic carbocycles. The van der Waals surface area contributed by atoms with Crippen LogP contribution < -0.4 is 10.6 Å². The predicted octanol–water partition coefficient (Wildman–Crippen LogP) is 3.39. The largest absolute Gasteiger partial charge is 0.393 e. The molecule has 2 amide bonds. The highest BCUT2D eigenvalue weighted by Gasteiger charge is 2.48. The molecule has 242 valence electrons. The fraction of sp³-hybridized carbons (Fsp3) is 0.700. The maximum atomic E-state index is 13.6. The molecule has 0 radical (unpaired) electrons. The van der Waals surface area contributed by atoms with Crippen molar-refractivity contribution in [3.05, 3.63) is 35.4 Å². The number of carbonyl (C=O) groups excluding carboxylic acids is 2. The number of ether oxygens (including phenoxy) is 1. The number of nitrogens with zero attached hydrogens (tertiary/aromatic N) is 7. The van der Waals surface area contributed by atoms with Crippen LogP contribution in [0.3, 0.4) is 0 Å². The van der Waals surface area contributed by atoms with Crippen molar-refractivity contribution in [2.45, 2.75) is 83.0 Å². The third kappa shape index (κ3) is 6.27. The number of halogens is 3. The molecule has 3 aromatic heterocycles. The molecule has 0 spiro atoms. The minimum Gasteiger partial charge on any atom is -0.381 e. The number of fused-ring (bicyclic) bond motifs is 1. The fourth-order valence-electron chi connectivity index (χ4n) is 7.17. The maximum Gasteiger partial charge on any atom is 0.393 e. The highest BCUT2D eigenvalue weighted by atomic mass is 19.4. The Morgan fingerprint density at radius 1 is 1.13 bits per heavy atom. The number of hydrogen-bond donors (Lipinski definition) is 2.